The molecule has 4 nitrogen and oxygen atoms in total. The predicted octanol–water partition coefficient (Wildman–Crippen LogP) is 2.14. The van der Waals surface area contributed by atoms with Crippen molar-refractivity contribution in [2.24, 2.45) is 7.05 Å². The van der Waals surface area contributed by atoms with E-state index in [1.54, 1.807) is 0 Å². The van der Waals surface area contributed by atoms with Gasteiger partial charge in [-0.3, -0.25) is 9.58 Å². The van der Waals surface area contributed by atoms with Crippen LogP contribution in [0.5, 0.6) is 0 Å². The summed E-state index contributed by atoms with van der Waals surface area (Å²) in [6, 6.07) is 0.723. The predicted molar refractivity (Wildman–Crippen MR) is 78.9 cm³/mol. The van der Waals surface area contributed by atoms with Gasteiger partial charge in [0.1, 0.15) is 5.82 Å². The summed E-state index contributed by atoms with van der Waals surface area (Å²) in [5, 5.41) is 4.53. The van der Waals surface area contributed by atoms with E-state index in [2.05, 4.69) is 21.8 Å². The molecule has 2 aliphatic rings. The van der Waals surface area contributed by atoms with Crippen LogP contribution in [0.3, 0.4) is 0 Å². The van der Waals surface area contributed by atoms with E-state index in [4.69, 9.17) is 11.6 Å². The maximum atomic E-state index is 6.10. The second-order valence-corrected chi connectivity index (χ2v) is 6.04. The molecule has 0 amide bonds. The number of rotatable bonds is 3. The number of nitrogens with zero attached hydrogens (tertiary/aromatic N) is 4. The molecule has 0 aliphatic carbocycles. The van der Waals surface area contributed by atoms with Crippen molar-refractivity contribution in [2.75, 3.05) is 31.1 Å². The standard InChI is InChI=1S/C14H23ClN4/c1-11-13(9-15)14(17(2)16-11)19-8-5-12(10-19)18-6-3-4-7-18/h12H,3-10H2,1-2H3. The van der Waals surface area contributed by atoms with Gasteiger partial charge < -0.3 is 4.90 Å². The normalized spacial score (nSPS) is 24.6. The quantitative estimate of drug-likeness (QED) is 0.794. The van der Waals surface area contributed by atoms with Crippen LogP contribution in [0, 0.1) is 6.92 Å². The molecule has 19 heavy (non-hydrogen) atoms. The molecule has 0 spiro atoms. The summed E-state index contributed by atoms with van der Waals surface area (Å²) in [5.74, 6) is 1.79. The van der Waals surface area contributed by atoms with Crippen molar-refractivity contribution in [2.45, 2.75) is 38.1 Å². The zero-order valence-corrected chi connectivity index (χ0v) is 12.7. The number of alkyl halides is 1. The average Bonchev–Trinajstić information content (AvgIpc) is 3.07. The van der Waals surface area contributed by atoms with Gasteiger partial charge in [0, 0.05) is 31.7 Å². The van der Waals surface area contributed by atoms with Crippen LogP contribution in [-0.2, 0) is 12.9 Å². The lowest BCUT2D eigenvalue weighted by Gasteiger charge is -2.25. The van der Waals surface area contributed by atoms with Gasteiger partial charge >= 0.3 is 0 Å². The molecule has 1 aromatic rings. The number of anilines is 1. The highest BCUT2D eigenvalue weighted by Gasteiger charge is 2.31. The van der Waals surface area contributed by atoms with E-state index in [-0.39, 0.29) is 0 Å². The molecule has 1 aromatic heterocycles. The minimum absolute atomic E-state index is 0.555. The van der Waals surface area contributed by atoms with Crippen molar-refractivity contribution in [1.82, 2.24) is 14.7 Å². The van der Waals surface area contributed by atoms with E-state index >= 15 is 0 Å². The van der Waals surface area contributed by atoms with Crippen molar-refractivity contribution in [3.63, 3.8) is 0 Å². The Hall–Kier alpha value is -0.740. The molecular weight excluding hydrogens is 260 g/mol. The van der Waals surface area contributed by atoms with Gasteiger partial charge in [0.25, 0.3) is 0 Å². The highest BCUT2D eigenvalue weighted by Crippen LogP contribution is 2.30. The number of aromatic nitrogens is 2. The topological polar surface area (TPSA) is 24.3 Å². The summed E-state index contributed by atoms with van der Waals surface area (Å²) in [6.45, 7) is 6.87. The van der Waals surface area contributed by atoms with Crippen LogP contribution in [0.25, 0.3) is 0 Å². The van der Waals surface area contributed by atoms with Gasteiger partial charge in [0.2, 0.25) is 0 Å². The first-order chi connectivity index (χ1) is 9.20. The van der Waals surface area contributed by atoms with Gasteiger partial charge in [-0.25, -0.2) is 0 Å². The van der Waals surface area contributed by atoms with Crippen LogP contribution in [0.15, 0.2) is 0 Å². The van der Waals surface area contributed by atoms with Crippen molar-refractivity contribution in [3.8, 4) is 0 Å². The van der Waals surface area contributed by atoms with E-state index in [0.717, 1.165) is 24.8 Å². The molecule has 3 heterocycles. The molecule has 2 fully saturated rings. The fourth-order valence-corrected chi connectivity index (χ4v) is 3.89. The van der Waals surface area contributed by atoms with Crippen LogP contribution in [-0.4, -0.2) is 46.9 Å². The van der Waals surface area contributed by atoms with E-state index in [9.17, 15) is 0 Å². The van der Waals surface area contributed by atoms with Crippen molar-refractivity contribution >= 4 is 17.4 Å². The number of halogens is 1. The maximum Gasteiger partial charge on any atom is 0.131 e. The third-order valence-corrected chi connectivity index (χ3v) is 4.83. The molecule has 106 valence electrons. The van der Waals surface area contributed by atoms with Crippen LogP contribution in [0.1, 0.15) is 30.5 Å². The lowest BCUT2D eigenvalue weighted by molar-refractivity contribution is 0.260. The van der Waals surface area contributed by atoms with Gasteiger partial charge in [0.05, 0.1) is 11.6 Å². The number of likely N-dealkylation sites (tertiary alicyclic amines) is 1. The van der Waals surface area contributed by atoms with E-state index in [1.807, 2.05) is 11.7 Å². The molecule has 0 N–H and O–H groups in total. The van der Waals surface area contributed by atoms with E-state index in [0.29, 0.717) is 5.88 Å². The second kappa shape index (κ2) is 5.33. The summed E-state index contributed by atoms with van der Waals surface area (Å²) in [6.07, 6.45) is 4.01. The van der Waals surface area contributed by atoms with Crippen LogP contribution >= 0.6 is 11.6 Å². The number of hydrogen-bond acceptors (Lipinski definition) is 3. The first-order valence-electron chi connectivity index (χ1n) is 7.28. The average molecular weight is 283 g/mol. The summed E-state index contributed by atoms with van der Waals surface area (Å²) in [7, 11) is 2.03. The van der Waals surface area contributed by atoms with Gasteiger partial charge in [-0.2, -0.15) is 5.10 Å². The third-order valence-electron chi connectivity index (χ3n) is 4.57. The Morgan fingerprint density at radius 3 is 2.68 bits per heavy atom. The maximum absolute atomic E-state index is 6.10. The molecule has 0 bridgehead atoms. The minimum atomic E-state index is 0.555. The largest absolute Gasteiger partial charge is 0.355 e. The fraction of sp³-hybridized carbons (Fsp3) is 0.786. The van der Waals surface area contributed by atoms with Crippen LogP contribution in [0.2, 0.25) is 0 Å². The molecule has 1 unspecified atom stereocenters. The molecule has 2 saturated heterocycles. The molecule has 5 heteroatoms. The van der Waals surface area contributed by atoms with Crippen molar-refractivity contribution < 1.29 is 0 Å². The molecule has 3 rings (SSSR count). The molecule has 0 radical (unpaired) electrons. The second-order valence-electron chi connectivity index (χ2n) is 5.78. The van der Waals surface area contributed by atoms with Gasteiger partial charge in [0.15, 0.2) is 0 Å². The highest BCUT2D eigenvalue weighted by molar-refractivity contribution is 6.17. The van der Waals surface area contributed by atoms with Crippen molar-refractivity contribution in [1.29, 1.82) is 0 Å². The van der Waals surface area contributed by atoms with Gasteiger partial charge in [-0.15, -0.1) is 11.6 Å². The molecule has 0 saturated carbocycles. The minimum Gasteiger partial charge on any atom is -0.355 e. The first-order valence-corrected chi connectivity index (χ1v) is 7.81. The monoisotopic (exact) mass is 282 g/mol. The summed E-state index contributed by atoms with van der Waals surface area (Å²) >= 11 is 6.10. The molecule has 0 aromatic carbocycles. The molecule has 1 atom stereocenters. The molecular formula is C14H23ClN4. The SMILES string of the molecule is Cc1nn(C)c(N2CCC(N3CCCC3)C2)c1CCl. The van der Waals surface area contributed by atoms with Crippen LogP contribution < -0.4 is 4.90 Å². The Labute approximate surface area is 120 Å². The Morgan fingerprint density at radius 1 is 1.26 bits per heavy atom. The van der Waals surface area contributed by atoms with Crippen LogP contribution in [0.4, 0.5) is 5.82 Å². The van der Waals surface area contributed by atoms with Gasteiger partial charge in [-0.05, 0) is 39.3 Å². The zero-order valence-electron chi connectivity index (χ0n) is 11.9. The first kappa shape index (κ1) is 13.3. The van der Waals surface area contributed by atoms with E-state index in [1.165, 1.54) is 43.7 Å². The summed E-state index contributed by atoms with van der Waals surface area (Å²) < 4.78 is 2.00. The zero-order chi connectivity index (χ0) is 13.4. The third kappa shape index (κ3) is 2.36. The van der Waals surface area contributed by atoms with E-state index < -0.39 is 0 Å². The lowest BCUT2D eigenvalue weighted by Crippen LogP contribution is -2.35. The molecule has 2 aliphatic heterocycles. The Bertz CT molecular complexity index is 451. The Balaban J connectivity index is 1.77. The smallest absolute Gasteiger partial charge is 0.131 e. The Kier molecular flexibility index (Phi) is 3.72. The fourth-order valence-electron chi connectivity index (χ4n) is 3.58. The lowest BCUT2D eigenvalue weighted by atomic mass is 10.2. The highest BCUT2D eigenvalue weighted by atomic mass is 35.5. The number of aryl methyl sites for hydroxylation is 2. The van der Waals surface area contributed by atoms with Gasteiger partial charge in [-0.1, -0.05) is 0 Å². The summed E-state index contributed by atoms with van der Waals surface area (Å²) in [4.78, 5) is 5.13. The number of hydrogen-bond donors (Lipinski definition) is 0. The van der Waals surface area contributed by atoms with Crippen molar-refractivity contribution in [3.05, 3.63) is 11.3 Å². The Morgan fingerprint density at radius 2 is 2.00 bits per heavy atom. The summed E-state index contributed by atoms with van der Waals surface area (Å²) in [5.41, 5.74) is 2.27.